The van der Waals surface area contributed by atoms with Crippen LogP contribution in [0.5, 0.6) is 0 Å². The number of halogens is 2. The number of hydrogen-bond donors (Lipinski definition) is 2. The largest absolute Gasteiger partial charge is 0.381 e. The fraction of sp³-hybridized carbons (Fsp3) is 0.467. The van der Waals surface area contributed by atoms with Crippen molar-refractivity contribution in [1.82, 2.24) is 5.32 Å². The van der Waals surface area contributed by atoms with Gasteiger partial charge in [0.1, 0.15) is 17.3 Å². The summed E-state index contributed by atoms with van der Waals surface area (Å²) in [4.78, 5) is 23.0. The maximum atomic E-state index is 13.3. The number of nitrogens with one attached hydrogen (secondary N) is 2. The third-order valence-corrected chi connectivity index (χ3v) is 2.80. The molecule has 22 heavy (non-hydrogen) atoms. The van der Waals surface area contributed by atoms with Crippen LogP contribution in [-0.2, 0) is 14.3 Å². The number of para-hydroxylation sites is 1. The summed E-state index contributed by atoms with van der Waals surface area (Å²) in [6.45, 7) is 3.44. The molecule has 0 aliphatic carbocycles. The van der Waals surface area contributed by atoms with E-state index in [1.165, 1.54) is 6.07 Å². The summed E-state index contributed by atoms with van der Waals surface area (Å²) < 4.78 is 31.9. The Balaban J connectivity index is 2.29. The van der Waals surface area contributed by atoms with Gasteiger partial charge in [-0.25, -0.2) is 8.78 Å². The molecule has 1 aromatic carbocycles. The molecule has 2 amide bonds. The first-order valence-electron chi connectivity index (χ1n) is 7.17. The number of carbonyl (C=O) groups is 2. The summed E-state index contributed by atoms with van der Waals surface area (Å²) in [5, 5.41) is 4.27. The van der Waals surface area contributed by atoms with Crippen molar-refractivity contribution >= 4 is 17.5 Å². The molecule has 0 bridgehead atoms. The van der Waals surface area contributed by atoms with Crippen LogP contribution in [0.25, 0.3) is 0 Å². The molecule has 122 valence electrons. The van der Waals surface area contributed by atoms with Gasteiger partial charge in [0.15, 0.2) is 0 Å². The lowest BCUT2D eigenvalue weighted by molar-refractivity contribution is -0.136. The van der Waals surface area contributed by atoms with Crippen LogP contribution >= 0.6 is 0 Å². The highest BCUT2D eigenvalue weighted by Gasteiger charge is 2.17. The molecule has 0 unspecified atom stereocenters. The number of carbonyl (C=O) groups excluding carboxylic acids is 2. The Morgan fingerprint density at radius 2 is 1.73 bits per heavy atom. The van der Waals surface area contributed by atoms with Crippen molar-refractivity contribution in [1.29, 1.82) is 0 Å². The highest BCUT2D eigenvalue weighted by Crippen LogP contribution is 2.17. The van der Waals surface area contributed by atoms with E-state index in [2.05, 4.69) is 12.2 Å². The van der Waals surface area contributed by atoms with E-state index in [9.17, 15) is 18.4 Å². The van der Waals surface area contributed by atoms with Crippen LogP contribution in [0.2, 0.25) is 0 Å². The van der Waals surface area contributed by atoms with Gasteiger partial charge in [0.05, 0.1) is 0 Å². The second-order valence-electron chi connectivity index (χ2n) is 4.63. The number of ether oxygens (including phenoxy) is 1. The summed E-state index contributed by atoms with van der Waals surface area (Å²) in [6, 6.07) is 3.15. The predicted octanol–water partition coefficient (Wildman–Crippen LogP) is 2.23. The van der Waals surface area contributed by atoms with Gasteiger partial charge >= 0.3 is 11.8 Å². The zero-order valence-corrected chi connectivity index (χ0v) is 12.5. The summed E-state index contributed by atoms with van der Waals surface area (Å²) >= 11 is 0. The van der Waals surface area contributed by atoms with Crippen LogP contribution in [0.3, 0.4) is 0 Å². The van der Waals surface area contributed by atoms with Crippen molar-refractivity contribution in [2.24, 2.45) is 0 Å². The minimum absolute atomic E-state index is 0.248. The van der Waals surface area contributed by atoms with Gasteiger partial charge < -0.3 is 15.4 Å². The average Bonchev–Trinajstić information content (AvgIpc) is 2.49. The molecule has 0 aromatic heterocycles. The summed E-state index contributed by atoms with van der Waals surface area (Å²) in [7, 11) is 0. The molecule has 0 saturated heterocycles. The maximum Gasteiger partial charge on any atom is 0.313 e. The Morgan fingerprint density at radius 1 is 1.09 bits per heavy atom. The van der Waals surface area contributed by atoms with Gasteiger partial charge in [-0.15, -0.1) is 0 Å². The van der Waals surface area contributed by atoms with Crippen molar-refractivity contribution in [2.45, 2.75) is 26.2 Å². The molecule has 0 saturated carbocycles. The molecular weight excluding hydrogens is 294 g/mol. The van der Waals surface area contributed by atoms with E-state index in [0.717, 1.165) is 25.0 Å². The van der Waals surface area contributed by atoms with Gasteiger partial charge in [0.2, 0.25) is 0 Å². The van der Waals surface area contributed by atoms with Gasteiger partial charge in [0.25, 0.3) is 0 Å². The lowest BCUT2D eigenvalue weighted by Crippen LogP contribution is -2.36. The van der Waals surface area contributed by atoms with Gasteiger partial charge in [-0.2, -0.15) is 0 Å². The van der Waals surface area contributed by atoms with Gasteiger partial charge in [-0.3, -0.25) is 9.59 Å². The van der Waals surface area contributed by atoms with E-state index in [4.69, 9.17) is 4.74 Å². The average molecular weight is 314 g/mol. The van der Waals surface area contributed by atoms with Crippen molar-refractivity contribution in [3.63, 3.8) is 0 Å². The molecule has 7 heteroatoms. The minimum atomic E-state index is -1.11. The quantitative estimate of drug-likeness (QED) is 0.571. The zero-order valence-electron chi connectivity index (χ0n) is 12.5. The number of unbranched alkanes of at least 4 members (excludes halogenated alkanes) is 1. The van der Waals surface area contributed by atoms with Crippen molar-refractivity contribution in [2.75, 3.05) is 25.1 Å². The second-order valence-corrected chi connectivity index (χ2v) is 4.63. The van der Waals surface area contributed by atoms with Crippen LogP contribution in [0.1, 0.15) is 26.2 Å². The first-order chi connectivity index (χ1) is 10.6. The molecule has 0 radical (unpaired) electrons. The van der Waals surface area contributed by atoms with Crippen LogP contribution in [0.4, 0.5) is 14.5 Å². The van der Waals surface area contributed by atoms with Crippen LogP contribution < -0.4 is 10.6 Å². The van der Waals surface area contributed by atoms with Crippen LogP contribution in [0.15, 0.2) is 18.2 Å². The van der Waals surface area contributed by atoms with E-state index in [-0.39, 0.29) is 6.54 Å². The Kier molecular flexibility index (Phi) is 8.06. The number of benzene rings is 1. The first kappa shape index (κ1) is 18.0. The van der Waals surface area contributed by atoms with Crippen LogP contribution in [0, 0.1) is 11.6 Å². The molecule has 0 fully saturated rings. The van der Waals surface area contributed by atoms with Gasteiger partial charge in [-0.05, 0) is 25.0 Å². The topological polar surface area (TPSA) is 67.4 Å². The lowest BCUT2D eigenvalue weighted by atomic mass is 10.3. The SMILES string of the molecule is CCCCOCCCNC(=O)C(=O)Nc1c(F)cccc1F. The molecule has 1 aromatic rings. The Morgan fingerprint density at radius 3 is 2.36 bits per heavy atom. The van der Waals surface area contributed by atoms with E-state index in [1.807, 2.05) is 5.32 Å². The molecule has 0 atom stereocenters. The smallest absolute Gasteiger partial charge is 0.313 e. The number of amides is 2. The second kappa shape index (κ2) is 9.83. The zero-order chi connectivity index (χ0) is 16.4. The summed E-state index contributed by atoms with van der Waals surface area (Å²) in [5.74, 6) is -3.94. The fourth-order valence-corrected chi connectivity index (χ4v) is 1.59. The third kappa shape index (κ3) is 6.17. The normalized spacial score (nSPS) is 10.3. The van der Waals surface area contributed by atoms with Gasteiger partial charge in [-0.1, -0.05) is 19.4 Å². The van der Waals surface area contributed by atoms with E-state index < -0.39 is 29.1 Å². The lowest BCUT2D eigenvalue weighted by Gasteiger charge is -2.08. The summed E-state index contributed by atoms with van der Waals surface area (Å²) in [6.07, 6.45) is 2.57. The summed E-state index contributed by atoms with van der Waals surface area (Å²) in [5.41, 5.74) is -0.634. The maximum absolute atomic E-state index is 13.3. The highest BCUT2D eigenvalue weighted by atomic mass is 19.1. The van der Waals surface area contributed by atoms with Crippen LogP contribution in [-0.4, -0.2) is 31.6 Å². The molecule has 0 spiro atoms. The molecule has 0 heterocycles. The molecule has 5 nitrogen and oxygen atoms in total. The number of hydrogen-bond acceptors (Lipinski definition) is 3. The molecule has 1 rings (SSSR count). The van der Waals surface area contributed by atoms with E-state index >= 15 is 0 Å². The monoisotopic (exact) mass is 314 g/mol. The standard InChI is InChI=1S/C15H20F2N2O3/c1-2-3-9-22-10-5-8-18-14(20)15(21)19-13-11(16)6-4-7-12(13)17/h4,6-7H,2-3,5,8-10H2,1H3,(H,18,20)(H,19,21). The Labute approximate surface area is 128 Å². The van der Waals surface area contributed by atoms with Crippen molar-refractivity contribution in [3.8, 4) is 0 Å². The van der Waals surface area contributed by atoms with E-state index in [0.29, 0.717) is 19.6 Å². The number of rotatable bonds is 8. The molecular formula is C15H20F2N2O3. The molecule has 0 aliphatic heterocycles. The molecule has 2 N–H and O–H groups in total. The van der Waals surface area contributed by atoms with Gasteiger partial charge in [0, 0.05) is 19.8 Å². The highest BCUT2D eigenvalue weighted by molar-refractivity contribution is 6.39. The molecule has 0 aliphatic rings. The fourth-order valence-electron chi connectivity index (χ4n) is 1.59. The van der Waals surface area contributed by atoms with Crippen molar-refractivity contribution < 1.29 is 23.1 Å². The Bertz CT molecular complexity index is 489. The number of anilines is 1. The predicted molar refractivity (Wildman–Crippen MR) is 78.3 cm³/mol. The Hall–Kier alpha value is -2.02. The minimum Gasteiger partial charge on any atom is -0.381 e. The first-order valence-corrected chi connectivity index (χ1v) is 7.17. The third-order valence-electron chi connectivity index (χ3n) is 2.80. The van der Waals surface area contributed by atoms with E-state index in [1.54, 1.807) is 0 Å². The van der Waals surface area contributed by atoms with Crippen molar-refractivity contribution in [3.05, 3.63) is 29.8 Å².